The molecule has 10 heteroatoms. The average Bonchev–Trinajstić information content (AvgIpc) is 3.09. The SMILES string of the molecule is COc1ccc(Nc2ccnc(-c3c(C(F)(F)F)nc4ccccn34)n2)cn1. The molecule has 0 amide bonds. The highest BCUT2D eigenvalue weighted by molar-refractivity contribution is 5.64. The van der Waals surface area contributed by atoms with Crippen LogP contribution >= 0.6 is 0 Å². The molecule has 0 saturated heterocycles. The molecule has 0 saturated carbocycles. The molecule has 1 N–H and O–H groups in total. The summed E-state index contributed by atoms with van der Waals surface area (Å²) in [4.78, 5) is 16.0. The molecule has 28 heavy (non-hydrogen) atoms. The van der Waals surface area contributed by atoms with Crippen molar-refractivity contribution in [2.45, 2.75) is 6.18 Å². The number of pyridine rings is 2. The maximum atomic E-state index is 13.5. The first-order chi connectivity index (χ1) is 13.5. The summed E-state index contributed by atoms with van der Waals surface area (Å²) < 4.78 is 46.9. The Kier molecular flexibility index (Phi) is 4.30. The van der Waals surface area contributed by atoms with E-state index >= 15 is 0 Å². The molecule has 0 aromatic carbocycles. The molecule has 0 spiro atoms. The minimum Gasteiger partial charge on any atom is -0.481 e. The van der Waals surface area contributed by atoms with E-state index in [0.29, 0.717) is 17.4 Å². The molecule has 0 aliphatic heterocycles. The van der Waals surface area contributed by atoms with E-state index < -0.39 is 11.9 Å². The second-order valence-electron chi connectivity index (χ2n) is 5.72. The van der Waals surface area contributed by atoms with Gasteiger partial charge in [0.2, 0.25) is 5.88 Å². The number of halogens is 3. The number of hydrogen-bond donors (Lipinski definition) is 1. The van der Waals surface area contributed by atoms with Crippen LogP contribution in [-0.2, 0) is 6.18 Å². The number of aromatic nitrogens is 5. The fourth-order valence-corrected chi connectivity index (χ4v) is 2.67. The van der Waals surface area contributed by atoms with Crippen molar-refractivity contribution in [1.82, 2.24) is 24.3 Å². The zero-order valence-electron chi connectivity index (χ0n) is 14.5. The maximum absolute atomic E-state index is 13.5. The van der Waals surface area contributed by atoms with Crippen molar-refractivity contribution in [2.24, 2.45) is 0 Å². The van der Waals surface area contributed by atoms with Gasteiger partial charge in [-0.2, -0.15) is 13.2 Å². The van der Waals surface area contributed by atoms with Crippen LogP contribution in [0.25, 0.3) is 17.2 Å². The van der Waals surface area contributed by atoms with E-state index in [2.05, 4.69) is 25.3 Å². The Balaban J connectivity index is 1.77. The molecule has 4 heterocycles. The Bertz CT molecular complexity index is 1120. The minimum atomic E-state index is -4.64. The van der Waals surface area contributed by atoms with E-state index in [0.717, 1.165) is 0 Å². The molecule has 0 unspecified atom stereocenters. The number of ether oxygens (including phenoxy) is 1. The lowest BCUT2D eigenvalue weighted by Gasteiger charge is -2.09. The van der Waals surface area contributed by atoms with E-state index in [-0.39, 0.29) is 17.2 Å². The van der Waals surface area contributed by atoms with E-state index in [9.17, 15) is 13.2 Å². The quantitative estimate of drug-likeness (QED) is 0.572. The summed E-state index contributed by atoms with van der Waals surface area (Å²) in [7, 11) is 1.50. The number of imidazole rings is 1. The molecule has 4 aromatic rings. The Morgan fingerprint density at radius 2 is 1.89 bits per heavy atom. The van der Waals surface area contributed by atoms with Crippen molar-refractivity contribution >= 4 is 17.2 Å². The summed E-state index contributed by atoms with van der Waals surface area (Å²) in [5, 5.41) is 2.98. The van der Waals surface area contributed by atoms with Crippen molar-refractivity contribution in [1.29, 1.82) is 0 Å². The second-order valence-corrected chi connectivity index (χ2v) is 5.72. The van der Waals surface area contributed by atoms with Crippen LogP contribution in [0, 0.1) is 0 Å². The van der Waals surface area contributed by atoms with Crippen LogP contribution in [0.5, 0.6) is 5.88 Å². The number of hydrogen-bond acceptors (Lipinski definition) is 6. The van der Waals surface area contributed by atoms with Crippen molar-refractivity contribution in [3.8, 4) is 17.4 Å². The molecule has 0 aliphatic carbocycles. The van der Waals surface area contributed by atoms with Gasteiger partial charge in [0.1, 0.15) is 17.2 Å². The second kappa shape index (κ2) is 6.80. The van der Waals surface area contributed by atoms with Crippen LogP contribution in [0.15, 0.2) is 55.0 Å². The van der Waals surface area contributed by atoms with Gasteiger partial charge in [0.25, 0.3) is 0 Å². The Morgan fingerprint density at radius 1 is 1.04 bits per heavy atom. The molecule has 4 aromatic heterocycles. The van der Waals surface area contributed by atoms with Crippen molar-refractivity contribution in [2.75, 3.05) is 12.4 Å². The lowest BCUT2D eigenvalue weighted by Crippen LogP contribution is -2.09. The predicted molar refractivity (Wildman–Crippen MR) is 95.3 cm³/mol. The highest BCUT2D eigenvalue weighted by Gasteiger charge is 2.39. The summed E-state index contributed by atoms with van der Waals surface area (Å²) in [6.07, 6.45) is -0.252. The van der Waals surface area contributed by atoms with Gasteiger partial charge in [-0.25, -0.2) is 19.9 Å². The fraction of sp³-hybridized carbons (Fsp3) is 0.111. The van der Waals surface area contributed by atoms with Gasteiger partial charge in [-0.1, -0.05) is 6.07 Å². The largest absolute Gasteiger partial charge is 0.481 e. The van der Waals surface area contributed by atoms with E-state index in [4.69, 9.17) is 4.74 Å². The van der Waals surface area contributed by atoms with Gasteiger partial charge in [0.05, 0.1) is 19.0 Å². The van der Waals surface area contributed by atoms with Crippen LogP contribution in [0.2, 0.25) is 0 Å². The topological polar surface area (TPSA) is 77.2 Å². The molecule has 0 fully saturated rings. The van der Waals surface area contributed by atoms with Crippen LogP contribution < -0.4 is 10.1 Å². The smallest absolute Gasteiger partial charge is 0.435 e. The zero-order valence-corrected chi connectivity index (χ0v) is 14.5. The van der Waals surface area contributed by atoms with Crippen LogP contribution in [0.1, 0.15) is 5.69 Å². The lowest BCUT2D eigenvalue weighted by atomic mass is 10.3. The van der Waals surface area contributed by atoms with E-state index in [1.165, 1.54) is 36.2 Å². The van der Waals surface area contributed by atoms with Gasteiger partial charge in [-0.05, 0) is 24.3 Å². The number of rotatable bonds is 4. The molecular weight excluding hydrogens is 373 g/mol. The van der Waals surface area contributed by atoms with Gasteiger partial charge in [-0.3, -0.25) is 4.40 Å². The molecule has 142 valence electrons. The van der Waals surface area contributed by atoms with E-state index in [1.807, 2.05) is 0 Å². The maximum Gasteiger partial charge on any atom is 0.435 e. The van der Waals surface area contributed by atoms with Crippen molar-refractivity contribution in [3.05, 3.63) is 60.7 Å². The minimum absolute atomic E-state index is 0.0995. The van der Waals surface area contributed by atoms with Crippen LogP contribution in [0.4, 0.5) is 24.7 Å². The molecule has 7 nitrogen and oxygen atoms in total. The van der Waals surface area contributed by atoms with Crippen LogP contribution in [-0.4, -0.2) is 31.4 Å². The Labute approximate surface area is 156 Å². The lowest BCUT2D eigenvalue weighted by molar-refractivity contribution is -0.140. The Hall–Kier alpha value is -3.69. The van der Waals surface area contributed by atoms with Gasteiger partial charge < -0.3 is 10.1 Å². The molecule has 0 atom stereocenters. The van der Waals surface area contributed by atoms with Gasteiger partial charge in [0, 0.05) is 18.5 Å². The summed E-state index contributed by atoms with van der Waals surface area (Å²) >= 11 is 0. The number of nitrogens with zero attached hydrogens (tertiary/aromatic N) is 5. The number of alkyl halides is 3. The Morgan fingerprint density at radius 3 is 2.61 bits per heavy atom. The van der Waals surface area contributed by atoms with Crippen molar-refractivity contribution in [3.63, 3.8) is 0 Å². The first-order valence-electron chi connectivity index (χ1n) is 8.10. The molecule has 0 bridgehead atoms. The van der Waals surface area contributed by atoms with Gasteiger partial charge >= 0.3 is 6.18 Å². The third-order valence-corrected chi connectivity index (χ3v) is 3.88. The first kappa shape index (κ1) is 17.7. The number of nitrogens with one attached hydrogen (secondary N) is 1. The molecule has 4 rings (SSSR count). The zero-order chi connectivity index (χ0) is 19.7. The monoisotopic (exact) mass is 386 g/mol. The number of fused-ring (bicyclic) bond motifs is 1. The number of anilines is 2. The van der Waals surface area contributed by atoms with Crippen molar-refractivity contribution < 1.29 is 17.9 Å². The predicted octanol–water partition coefficient (Wildman–Crippen LogP) is 3.96. The van der Waals surface area contributed by atoms with Gasteiger partial charge in [0.15, 0.2) is 11.5 Å². The molecular formula is C18H13F3N6O. The third-order valence-electron chi connectivity index (χ3n) is 3.88. The molecule has 0 aliphatic rings. The third kappa shape index (κ3) is 3.31. The average molecular weight is 386 g/mol. The number of methoxy groups -OCH3 is 1. The summed E-state index contributed by atoms with van der Waals surface area (Å²) in [5.74, 6) is 0.656. The normalized spacial score (nSPS) is 11.6. The highest BCUT2D eigenvalue weighted by Crippen LogP contribution is 2.36. The fourth-order valence-electron chi connectivity index (χ4n) is 2.67. The summed E-state index contributed by atoms with van der Waals surface area (Å²) in [5.41, 5.74) is -0.507. The summed E-state index contributed by atoms with van der Waals surface area (Å²) in [6, 6.07) is 9.62. The van der Waals surface area contributed by atoms with E-state index in [1.54, 1.807) is 30.3 Å². The summed E-state index contributed by atoms with van der Waals surface area (Å²) in [6.45, 7) is 0. The highest BCUT2D eigenvalue weighted by atomic mass is 19.4. The van der Waals surface area contributed by atoms with Crippen LogP contribution in [0.3, 0.4) is 0 Å². The first-order valence-corrected chi connectivity index (χ1v) is 8.10. The standard InChI is InChI=1S/C18H13F3N6O/c1-28-14-6-5-11(10-23-14)24-12-7-8-22-17(25-12)15-16(18(19,20)21)26-13-4-2-3-9-27(13)15/h2-10H,1H3,(H,22,24,25). The van der Waals surface area contributed by atoms with Gasteiger partial charge in [-0.15, -0.1) is 0 Å². The molecule has 0 radical (unpaired) electrons.